The molecule has 150 valence electrons. The fourth-order valence-electron chi connectivity index (χ4n) is 4.11. The Morgan fingerprint density at radius 3 is 1.97 bits per heavy atom. The maximum absolute atomic E-state index is 4.54. The van der Waals surface area contributed by atoms with E-state index in [9.17, 15) is 0 Å². The van der Waals surface area contributed by atoms with Crippen molar-refractivity contribution in [3.63, 3.8) is 0 Å². The van der Waals surface area contributed by atoms with E-state index in [1.807, 2.05) is 24.6 Å². The molecule has 5 rings (SSSR count). The highest BCUT2D eigenvalue weighted by Crippen LogP contribution is 2.36. The van der Waals surface area contributed by atoms with Gasteiger partial charge in [-0.3, -0.25) is 0 Å². The molecule has 0 spiro atoms. The van der Waals surface area contributed by atoms with E-state index in [-0.39, 0.29) is 0 Å². The summed E-state index contributed by atoms with van der Waals surface area (Å²) in [6.07, 6.45) is 7.19. The average Bonchev–Trinajstić information content (AvgIpc) is 3.05. The number of aromatic nitrogens is 6. The second kappa shape index (κ2) is 7.42. The van der Waals surface area contributed by atoms with Crippen LogP contribution in [-0.4, -0.2) is 55.9 Å². The number of hydrogen-bond acceptors (Lipinski definition) is 7. The van der Waals surface area contributed by atoms with Gasteiger partial charge in [-0.15, -0.1) is 0 Å². The fraction of sp³-hybridized carbons (Fsp3) is 0.476. The van der Waals surface area contributed by atoms with Crippen LogP contribution in [0.4, 0.5) is 11.6 Å². The standard InChI is InChI=1S/C21H26N8/c1-15-10-16(2)29(26-15)21-12-20(24-14-25-21)28-8-6-27(7-9-28)19-11-18(22-13-23-19)17-4-3-5-17/h10-14,17H,3-9H2,1-2H3. The van der Waals surface area contributed by atoms with Gasteiger partial charge in [-0.1, -0.05) is 6.42 Å². The molecule has 0 amide bonds. The predicted molar refractivity (Wildman–Crippen MR) is 112 cm³/mol. The van der Waals surface area contributed by atoms with E-state index in [1.54, 1.807) is 12.7 Å². The Morgan fingerprint density at radius 1 is 0.759 bits per heavy atom. The van der Waals surface area contributed by atoms with Gasteiger partial charge in [0.25, 0.3) is 0 Å². The van der Waals surface area contributed by atoms with Crippen molar-refractivity contribution in [3.05, 3.63) is 47.9 Å². The molecule has 1 aliphatic carbocycles. The van der Waals surface area contributed by atoms with Crippen molar-refractivity contribution in [1.82, 2.24) is 29.7 Å². The molecule has 4 heterocycles. The molecule has 0 N–H and O–H groups in total. The Kier molecular flexibility index (Phi) is 4.61. The molecule has 1 saturated carbocycles. The Hall–Kier alpha value is -3.03. The number of hydrogen-bond donors (Lipinski definition) is 0. The second-order valence-electron chi connectivity index (χ2n) is 7.98. The first kappa shape index (κ1) is 18.0. The molecule has 1 saturated heterocycles. The summed E-state index contributed by atoms with van der Waals surface area (Å²) in [6, 6.07) is 6.26. The van der Waals surface area contributed by atoms with Crippen molar-refractivity contribution in [2.45, 2.75) is 39.0 Å². The van der Waals surface area contributed by atoms with Gasteiger partial charge < -0.3 is 9.80 Å². The zero-order valence-corrected chi connectivity index (χ0v) is 17.0. The number of piperazine rings is 1. The van der Waals surface area contributed by atoms with Gasteiger partial charge >= 0.3 is 0 Å². The number of rotatable bonds is 4. The van der Waals surface area contributed by atoms with E-state index >= 15 is 0 Å². The molecule has 29 heavy (non-hydrogen) atoms. The monoisotopic (exact) mass is 390 g/mol. The van der Waals surface area contributed by atoms with Crippen LogP contribution in [0.5, 0.6) is 0 Å². The average molecular weight is 390 g/mol. The molecule has 0 atom stereocenters. The van der Waals surface area contributed by atoms with Gasteiger partial charge in [0.05, 0.1) is 5.69 Å². The number of aryl methyl sites for hydroxylation is 2. The van der Waals surface area contributed by atoms with Gasteiger partial charge in [-0.05, 0) is 32.8 Å². The highest BCUT2D eigenvalue weighted by molar-refractivity contribution is 5.47. The van der Waals surface area contributed by atoms with Crippen LogP contribution in [0, 0.1) is 13.8 Å². The van der Waals surface area contributed by atoms with Gasteiger partial charge in [0.2, 0.25) is 0 Å². The summed E-state index contributed by atoms with van der Waals surface area (Å²) >= 11 is 0. The Morgan fingerprint density at radius 2 is 1.38 bits per heavy atom. The van der Waals surface area contributed by atoms with Gasteiger partial charge in [-0.2, -0.15) is 5.10 Å². The quantitative estimate of drug-likeness (QED) is 0.678. The summed E-state index contributed by atoms with van der Waals surface area (Å²) in [5.74, 6) is 3.43. The van der Waals surface area contributed by atoms with E-state index in [1.165, 1.54) is 25.0 Å². The lowest BCUT2D eigenvalue weighted by Gasteiger charge is -2.36. The zero-order chi connectivity index (χ0) is 19.8. The molecular weight excluding hydrogens is 364 g/mol. The van der Waals surface area contributed by atoms with Crippen LogP contribution in [-0.2, 0) is 0 Å². The van der Waals surface area contributed by atoms with Crippen LogP contribution in [0.1, 0.15) is 42.3 Å². The third-order valence-electron chi connectivity index (χ3n) is 5.99. The minimum Gasteiger partial charge on any atom is -0.353 e. The minimum absolute atomic E-state index is 0.631. The van der Waals surface area contributed by atoms with Crippen LogP contribution < -0.4 is 9.80 Å². The molecule has 2 fully saturated rings. The summed E-state index contributed by atoms with van der Waals surface area (Å²) in [5.41, 5.74) is 3.26. The number of nitrogens with zero attached hydrogens (tertiary/aromatic N) is 8. The van der Waals surface area contributed by atoms with Crippen LogP contribution in [0.3, 0.4) is 0 Å². The first-order chi connectivity index (χ1) is 14.2. The van der Waals surface area contributed by atoms with E-state index in [2.05, 4.69) is 47.0 Å². The Balaban J connectivity index is 1.29. The van der Waals surface area contributed by atoms with Crippen molar-refractivity contribution < 1.29 is 0 Å². The third kappa shape index (κ3) is 3.54. The normalized spacial score (nSPS) is 17.4. The van der Waals surface area contributed by atoms with Crippen LogP contribution in [0.25, 0.3) is 5.82 Å². The van der Waals surface area contributed by atoms with E-state index in [0.717, 1.165) is 55.0 Å². The summed E-state index contributed by atoms with van der Waals surface area (Å²) in [7, 11) is 0. The first-order valence-electron chi connectivity index (χ1n) is 10.3. The fourth-order valence-corrected chi connectivity index (χ4v) is 4.11. The lowest BCUT2D eigenvalue weighted by atomic mass is 9.83. The smallest absolute Gasteiger partial charge is 0.159 e. The predicted octanol–water partition coefficient (Wildman–Crippen LogP) is 2.66. The van der Waals surface area contributed by atoms with Crippen molar-refractivity contribution in [1.29, 1.82) is 0 Å². The molecule has 8 heteroatoms. The molecule has 0 radical (unpaired) electrons. The number of anilines is 2. The third-order valence-corrected chi connectivity index (χ3v) is 5.99. The maximum Gasteiger partial charge on any atom is 0.159 e. The van der Waals surface area contributed by atoms with Crippen LogP contribution >= 0.6 is 0 Å². The summed E-state index contributed by atoms with van der Waals surface area (Å²) in [4.78, 5) is 22.6. The topological polar surface area (TPSA) is 75.9 Å². The molecular formula is C21H26N8. The Bertz CT molecular complexity index is 1000. The first-order valence-corrected chi connectivity index (χ1v) is 10.3. The van der Waals surface area contributed by atoms with Crippen molar-refractivity contribution in [2.24, 2.45) is 0 Å². The molecule has 0 bridgehead atoms. The van der Waals surface area contributed by atoms with Gasteiger partial charge in [0.15, 0.2) is 5.82 Å². The minimum atomic E-state index is 0.631. The summed E-state index contributed by atoms with van der Waals surface area (Å²) in [6.45, 7) is 7.67. The van der Waals surface area contributed by atoms with Crippen molar-refractivity contribution in [3.8, 4) is 5.82 Å². The van der Waals surface area contributed by atoms with Crippen LogP contribution in [0.2, 0.25) is 0 Å². The van der Waals surface area contributed by atoms with Crippen LogP contribution in [0.15, 0.2) is 30.9 Å². The highest BCUT2D eigenvalue weighted by Gasteiger charge is 2.24. The molecule has 0 unspecified atom stereocenters. The molecule has 1 aliphatic heterocycles. The van der Waals surface area contributed by atoms with Crippen molar-refractivity contribution >= 4 is 11.6 Å². The maximum atomic E-state index is 4.54. The second-order valence-corrected chi connectivity index (χ2v) is 7.98. The Labute approximate surface area is 170 Å². The summed E-state index contributed by atoms with van der Waals surface area (Å²) < 4.78 is 1.87. The lowest BCUT2D eigenvalue weighted by Crippen LogP contribution is -2.47. The summed E-state index contributed by atoms with van der Waals surface area (Å²) in [5, 5.41) is 4.54. The molecule has 0 aromatic carbocycles. The molecule has 2 aliphatic rings. The molecule has 8 nitrogen and oxygen atoms in total. The van der Waals surface area contributed by atoms with Gasteiger partial charge in [-0.25, -0.2) is 24.6 Å². The van der Waals surface area contributed by atoms with E-state index in [0.29, 0.717) is 5.92 Å². The van der Waals surface area contributed by atoms with Crippen molar-refractivity contribution in [2.75, 3.05) is 36.0 Å². The largest absolute Gasteiger partial charge is 0.353 e. The molecule has 3 aromatic rings. The van der Waals surface area contributed by atoms with Gasteiger partial charge in [0, 0.05) is 55.6 Å². The van der Waals surface area contributed by atoms with Gasteiger partial charge in [0.1, 0.15) is 24.3 Å². The molecule has 3 aromatic heterocycles. The van der Waals surface area contributed by atoms with E-state index in [4.69, 9.17) is 0 Å². The SMILES string of the molecule is Cc1cc(C)n(-c2cc(N3CCN(c4cc(C5CCC5)ncn4)CC3)ncn2)n1. The highest BCUT2D eigenvalue weighted by atomic mass is 15.3. The zero-order valence-electron chi connectivity index (χ0n) is 17.0. The van der Waals surface area contributed by atoms with E-state index < -0.39 is 0 Å². The lowest BCUT2D eigenvalue weighted by molar-refractivity contribution is 0.410.